The second-order valence-corrected chi connectivity index (χ2v) is 12.6. The highest BCUT2D eigenvalue weighted by Gasteiger charge is 2.27. The number of carbonyl (C=O) groups excluding carboxylic acids is 1. The molecule has 1 aliphatic heterocycles. The summed E-state index contributed by atoms with van der Waals surface area (Å²) in [5.74, 6) is -0.507. The predicted octanol–water partition coefficient (Wildman–Crippen LogP) is 4.45. The average molecular weight is 528 g/mol. The van der Waals surface area contributed by atoms with Crippen LogP contribution in [0, 0.1) is 20.8 Å². The molecule has 0 atom stereocenters. The van der Waals surface area contributed by atoms with Crippen LogP contribution in [0.5, 0.6) is 0 Å². The number of sulfonamides is 2. The average Bonchev–Trinajstić information content (AvgIpc) is 3.38. The molecular formula is C26H29N3O5S2. The molecule has 0 radical (unpaired) electrons. The molecule has 2 N–H and O–H groups in total. The molecule has 0 bridgehead atoms. The van der Waals surface area contributed by atoms with Crippen molar-refractivity contribution in [2.45, 2.75) is 43.4 Å². The Hall–Kier alpha value is -3.21. The van der Waals surface area contributed by atoms with E-state index in [9.17, 15) is 21.6 Å². The van der Waals surface area contributed by atoms with E-state index < -0.39 is 26.0 Å². The lowest BCUT2D eigenvalue weighted by atomic mass is 10.1. The third-order valence-electron chi connectivity index (χ3n) is 6.31. The molecule has 3 aromatic rings. The van der Waals surface area contributed by atoms with Gasteiger partial charge in [-0.1, -0.05) is 12.1 Å². The fraction of sp³-hybridized carbons (Fsp3) is 0.269. The van der Waals surface area contributed by atoms with Gasteiger partial charge in [-0.2, -0.15) is 4.31 Å². The van der Waals surface area contributed by atoms with Gasteiger partial charge in [0.15, 0.2) is 0 Å². The molecule has 190 valence electrons. The van der Waals surface area contributed by atoms with Crippen molar-refractivity contribution in [3.8, 4) is 0 Å². The van der Waals surface area contributed by atoms with Gasteiger partial charge in [0.05, 0.1) is 9.79 Å². The molecular weight excluding hydrogens is 498 g/mol. The lowest BCUT2D eigenvalue weighted by Gasteiger charge is -2.16. The summed E-state index contributed by atoms with van der Waals surface area (Å²) >= 11 is 0. The molecule has 1 aliphatic rings. The lowest BCUT2D eigenvalue weighted by Crippen LogP contribution is -2.27. The van der Waals surface area contributed by atoms with Crippen LogP contribution < -0.4 is 10.0 Å². The maximum Gasteiger partial charge on any atom is 0.262 e. The quantitative estimate of drug-likeness (QED) is 0.471. The molecule has 4 rings (SSSR count). The summed E-state index contributed by atoms with van der Waals surface area (Å²) < 4.78 is 55.6. The maximum atomic E-state index is 13.1. The predicted molar refractivity (Wildman–Crippen MR) is 140 cm³/mol. The second kappa shape index (κ2) is 10.0. The Labute approximate surface area is 212 Å². The van der Waals surface area contributed by atoms with Gasteiger partial charge in [-0.3, -0.25) is 9.52 Å². The van der Waals surface area contributed by atoms with Crippen molar-refractivity contribution in [2.75, 3.05) is 23.1 Å². The Morgan fingerprint density at radius 1 is 0.750 bits per heavy atom. The van der Waals surface area contributed by atoms with Gasteiger partial charge in [0.25, 0.3) is 15.9 Å². The van der Waals surface area contributed by atoms with Crippen LogP contribution in [-0.4, -0.2) is 40.1 Å². The molecule has 0 aliphatic carbocycles. The summed E-state index contributed by atoms with van der Waals surface area (Å²) in [5.41, 5.74) is 3.51. The third kappa shape index (κ3) is 5.45. The Morgan fingerprint density at radius 3 is 2.00 bits per heavy atom. The number of hydrogen-bond acceptors (Lipinski definition) is 5. The number of carbonyl (C=O) groups is 1. The van der Waals surface area contributed by atoms with E-state index in [1.54, 1.807) is 31.2 Å². The first kappa shape index (κ1) is 25.9. The van der Waals surface area contributed by atoms with Gasteiger partial charge in [0.2, 0.25) is 10.0 Å². The van der Waals surface area contributed by atoms with Crippen molar-refractivity contribution >= 4 is 37.3 Å². The number of benzene rings is 3. The summed E-state index contributed by atoms with van der Waals surface area (Å²) in [4.78, 5) is 13.1. The Kier molecular flexibility index (Phi) is 7.21. The maximum absolute atomic E-state index is 13.1. The Bertz CT molecular complexity index is 1510. The first-order chi connectivity index (χ1) is 17.0. The van der Waals surface area contributed by atoms with E-state index in [1.165, 1.54) is 34.6 Å². The smallest absolute Gasteiger partial charge is 0.262 e. The van der Waals surface area contributed by atoms with Crippen LogP contribution in [0.2, 0.25) is 0 Å². The van der Waals surface area contributed by atoms with Gasteiger partial charge < -0.3 is 5.32 Å². The molecule has 0 spiro atoms. The SMILES string of the molecule is Cc1ccc(NS(=O)(=O)c2cc(C(=O)Nc3ccc(S(=O)(=O)N4CCCC4)cc3)ccc2C)cc1C. The van der Waals surface area contributed by atoms with Crippen LogP contribution in [-0.2, 0) is 20.0 Å². The molecule has 8 nitrogen and oxygen atoms in total. The minimum Gasteiger partial charge on any atom is -0.322 e. The van der Waals surface area contributed by atoms with E-state index in [0.29, 0.717) is 30.0 Å². The molecule has 1 heterocycles. The molecule has 0 saturated carbocycles. The highest BCUT2D eigenvalue weighted by molar-refractivity contribution is 7.92. The lowest BCUT2D eigenvalue weighted by molar-refractivity contribution is 0.102. The van der Waals surface area contributed by atoms with Crippen molar-refractivity contribution in [2.24, 2.45) is 0 Å². The normalized spacial score (nSPS) is 14.5. The molecule has 10 heteroatoms. The van der Waals surface area contributed by atoms with Crippen molar-refractivity contribution in [3.63, 3.8) is 0 Å². The summed E-state index contributed by atoms with van der Waals surface area (Å²) in [6, 6.07) is 15.7. The highest BCUT2D eigenvalue weighted by atomic mass is 32.2. The third-order valence-corrected chi connectivity index (χ3v) is 9.75. The van der Waals surface area contributed by atoms with E-state index in [4.69, 9.17) is 0 Å². The van der Waals surface area contributed by atoms with Gasteiger partial charge >= 0.3 is 0 Å². The van der Waals surface area contributed by atoms with Crippen LogP contribution in [0.4, 0.5) is 11.4 Å². The van der Waals surface area contributed by atoms with Crippen molar-refractivity contribution < 1.29 is 21.6 Å². The van der Waals surface area contributed by atoms with Crippen LogP contribution in [0.1, 0.15) is 39.9 Å². The molecule has 0 unspecified atom stereocenters. The fourth-order valence-electron chi connectivity index (χ4n) is 4.04. The van der Waals surface area contributed by atoms with Crippen LogP contribution >= 0.6 is 0 Å². The standard InChI is InChI=1S/C26H29N3O5S2/c1-18-7-9-23(16-20(18)3)28-35(31,32)25-17-21(8-6-19(25)2)26(30)27-22-10-12-24(13-11-22)36(33,34)29-14-4-5-15-29/h6-13,16-17,28H,4-5,14-15H2,1-3H3,(H,27,30). The zero-order valence-corrected chi connectivity index (χ0v) is 22.0. The molecule has 36 heavy (non-hydrogen) atoms. The van der Waals surface area contributed by atoms with E-state index in [2.05, 4.69) is 10.0 Å². The fourth-order valence-corrected chi connectivity index (χ4v) is 6.88. The van der Waals surface area contributed by atoms with E-state index in [0.717, 1.165) is 24.0 Å². The minimum absolute atomic E-state index is 0.000401. The number of nitrogens with one attached hydrogen (secondary N) is 2. The Balaban J connectivity index is 1.52. The van der Waals surface area contributed by atoms with Gasteiger partial charge in [-0.05, 0) is 98.8 Å². The van der Waals surface area contributed by atoms with Crippen molar-refractivity contribution in [1.29, 1.82) is 0 Å². The van der Waals surface area contributed by atoms with Crippen LogP contribution in [0.15, 0.2) is 70.5 Å². The summed E-state index contributed by atoms with van der Waals surface area (Å²) in [6.45, 7) is 6.53. The largest absolute Gasteiger partial charge is 0.322 e. The molecule has 1 fully saturated rings. The number of rotatable bonds is 7. The summed E-state index contributed by atoms with van der Waals surface area (Å²) in [6.07, 6.45) is 1.70. The summed E-state index contributed by atoms with van der Waals surface area (Å²) in [7, 11) is -7.48. The van der Waals surface area contributed by atoms with Crippen molar-refractivity contribution in [1.82, 2.24) is 4.31 Å². The first-order valence-electron chi connectivity index (χ1n) is 11.6. The zero-order valence-electron chi connectivity index (χ0n) is 20.4. The van der Waals surface area contributed by atoms with Crippen molar-refractivity contribution in [3.05, 3.63) is 82.9 Å². The van der Waals surface area contributed by atoms with Gasteiger partial charge in [0.1, 0.15) is 0 Å². The van der Waals surface area contributed by atoms with Crippen LogP contribution in [0.25, 0.3) is 0 Å². The number of hydrogen-bond donors (Lipinski definition) is 2. The first-order valence-corrected chi connectivity index (χ1v) is 14.5. The van der Waals surface area contributed by atoms with E-state index >= 15 is 0 Å². The van der Waals surface area contributed by atoms with Crippen LogP contribution in [0.3, 0.4) is 0 Å². The highest BCUT2D eigenvalue weighted by Crippen LogP contribution is 2.25. The second-order valence-electron chi connectivity index (χ2n) is 8.97. The van der Waals surface area contributed by atoms with Gasteiger partial charge in [-0.25, -0.2) is 16.8 Å². The topological polar surface area (TPSA) is 113 Å². The minimum atomic E-state index is -3.93. The molecule has 1 amide bonds. The Morgan fingerprint density at radius 2 is 1.36 bits per heavy atom. The van der Waals surface area contributed by atoms with Gasteiger partial charge in [0, 0.05) is 30.0 Å². The zero-order chi connectivity index (χ0) is 26.1. The summed E-state index contributed by atoms with van der Waals surface area (Å²) in [5, 5.41) is 2.71. The number of nitrogens with zero attached hydrogens (tertiary/aromatic N) is 1. The molecule has 0 aromatic heterocycles. The van der Waals surface area contributed by atoms with E-state index in [1.807, 2.05) is 19.9 Å². The number of anilines is 2. The van der Waals surface area contributed by atoms with E-state index in [-0.39, 0.29) is 15.4 Å². The molecule has 3 aromatic carbocycles. The number of amides is 1. The van der Waals surface area contributed by atoms with Gasteiger partial charge in [-0.15, -0.1) is 0 Å². The number of aryl methyl sites for hydroxylation is 3. The monoisotopic (exact) mass is 527 g/mol. The molecule has 1 saturated heterocycles.